The third-order valence-corrected chi connectivity index (χ3v) is 2.66. The zero-order valence-corrected chi connectivity index (χ0v) is 9.18. The zero-order chi connectivity index (χ0) is 9.84. The number of furan rings is 1. The second kappa shape index (κ2) is 4.50. The van der Waals surface area contributed by atoms with Crippen LogP contribution in [-0.4, -0.2) is 0 Å². The summed E-state index contributed by atoms with van der Waals surface area (Å²) in [6.45, 7) is 8.80. The van der Waals surface area contributed by atoms with Crippen molar-refractivity contribution in [2.75, 3.05) is 0 Å². The van der Waals surface area contributed by atoms with Crippen LogP contribution in [0.1, 0.15) is 56.4 Å². The fourth-order valence-electron chi connectivity index (χ4n) is 1.92. The Labute approximate surface area is 81.1 Å². The van der Waals surface area contributed by atoms with Gasteiger partial charge in [-0.15, -0.1) is 0 Å². The molecule has 13 heavy (non-hydrogen) atoms. The highest BCUT2D eigenvalue weighted by Crippen LogP contribution is 2.27. The smallest absolute Gasteiger partial charge is 0.110 e. The molecule has 0 saturated heterocycles. The van der Waals surface area contributed by atoms with Crippen LogP contribution in [0.5, 0.6) is 0 Å². The number of rotatable bonds is 4. The first-order chi connectivity index (χ1) is 6.20. The van der Waals surface area contributed by atoms with Gasteiger partial charge in [0, 0.05) is 5.92 Å². The van der Waals surface area contributed by atoms with Crippen molar-refractivity contribution in [1.82, 2.24) is 0 Å². The van der Waals surface area contributed by atoms with Crippen molar-refractivity contribution < 1.29 is 4.42 Å². The van der Waals surface area contributed by atoms with E-state index < -0.39 is 0 Å². The van der Waals surface area contributed by atoms with Crippen LogP contribution in [0.4, 0.5) is 0 Å². The molecule has 1 heterocycles. The van der Waals surface area contributed by atoms with E-state index in [9.17, 15) is 0 Å². The number of aryl methyl sites for hydroxylation is 1. The highest BCUT2D eigenvalue weighted by Gasteiger charge is 2.14. The summed E-state index contributed by atoms with van der Waals surface area (Å²) in [7, 11) is 0. The lowest BCUT2D eigenvalue weighted by Crippen LogP contribution is -1.95. The van der Waals surface area contributed by atoms with Crippen molar-refractivity contribution in [3.8, 4) is 0 Å². The second-order valence-corrected chi connectivity index (χ2v) is 3.80. The Morgan fingerprint density at radius 2 is 2.08 bits per heavy atom. The summed E-state index contributed by atoms with van der Waals surface area (Å²) >= 11 is 0. The van der Waals surface area contributed by atoms with Gasteiger partial charge < -0.3 is 4.42 Å². The van der Waals surface area contributed by atoms with Crippen LogP contribution in [0.15, 0.2) is 10.7 Å². The predicted molar refractivity (Wildman–Crippen MR) is 56.1 cm³/mol. The molecule has 0 aliphatic rings. The maximum atomic E-state index is 5.60. The lowest BCUT2D eigenvalue weighted by Gasteiger charge is -2.08. The van der Waals surface area contributed by atoms with Gasteiger partial charge in [-0.25, -0.2) is 0 Å². The van der Waals surface area contributed by atoms with E-state index in [1.165, 1.54) is 29.7 Å². The molecule has 0 aromatic carbocycles. The summed E-state index contributed by atoms with van der Waals surface area (Å²) in [5.41, 5.74) is 2.72. The first-order valence-electron chi connectivity index (χ1n) is 5.27. The number of hydrogen-bond donors (Lipinski definition) is 0. The molecule has 1 unspecified atom stereocenters. The van der Waals surface area contributed by atoms with Gasteiger partial charge in [-0.3, -0.25) is 0 Å². The van der Waals surface area contributed by atoms with E-state index in [1.54, 1.807) is 0 Å². The van der Waals surface area contributed by atoms with E-state index in [2.05, 4.69) is 27.7 Å². The van der Waals surface area contributed by atoms with Gasteiger partial charge >= 0.3 is 0 Å². The molecule has 0 spiro atoms. The molecule has 0 aliphatic heterocycles. The summed E-state index contributed by atoms with van der Waals surface area (Å²) in [5, 5.41) is 0. The molecule has 1 nitrogen and oxygen atoms in total. The van der Waals surface area contributed by atoms with Crippen molar-refractivity contribution in [2.45, 2.75) is 52.9 Å². The fourth-order valence-corrected chi connectivity index (χ4v) is 1.92. The highest BCUT2D eigenvalue weighted by atomic mass is 16.3. The Bertz CT molecular complexity index is 260. The van der Waals surface area contributed by atoms with E-state index in [-0.39, 0.29) is 0 Å². The Balaban J connectivity index is 2.86. The summed E-state index contributed by atoms with van der Waals surface area (Å²) < 4.78 is 5.60. The molecule has 0 fully saturated rings. The monoisotopic (exact) mass is 180 g/mol. The van der Waals surface area contributed by atoms with Crippen molar-refractivity contribution in [1.29, 1.82) is 0 Å². The lowest BCUT2D eigenvalue weighted by atomic mass is 9.97. The Hall–Kier alpha value is -0.720. The molecular formula is C12H20O. The molecule has 0 radical (unpaired) electrons. The van der Waals surface area contributed by atoms with Crippen molar-refractivity contribution in [3.63, 3.8) is 0 Å². The SMILES string of the molecule is CCCC(C)c1occ(C)c1CC. The Kier molecular flexibility index (Phi) is 3.58. The summed E-state index contributed by atoms with van der Waals surface area (Å²) in [4.78, 5) is 0. The molecule has 0 bridgehead atoms. The van der Waals surface area contributed by atoms with Gasteiger partial charge in [0.05, 0.1) is 6.26 Å². The minimum absolute atomic E-state index is 0.577. The lowest BCUT2D eigenvalue weighted by molar-refractivity contribution is 0.454. The van der Waals surface area contributed by atoms with Crippen LogP contribution in [0.2, 0.25) is 0 Å². The summed E-state index contributed by atoms with van der Waals surface area (Å²) in [5.74, 6) is 1.79. The van der Waals surface area contributed by atoms with E-state index in [0.29, 0.717) is 5.92 Å². The maximum Gasteiger partial charge on any atom is 0.110 e. The second-order valence-electron chi connectivity index (χ2n) is 3.80. The molecule has 0 aliphatic carbocycles. The van der Waals surface area contributed by atoms with Gasteiger partial charge in [0.15, 0.2) is 0 Å². The molecular weight excluding hydrogens is 160 g/mol. The molecule has 1 aromatic rings. The molecule has 0 saturated carbocycles. The largest absolute Gasteiger partial charge is 0.468 e. The van der Waals surface area contributed by atoms with Crippen molar-refractivity contribution in [2.24, 2.45) is 0 Å². The average molecular weight is 180 g/mol. The third kappa shape index (κ3) is 2.15. The molecule has 1 rings (SSSR count). The number of hydrogen-bond acceptors (Lipinski definition) is 1. The van der Waals surface area contributed by atoms with E-state index >= 15 is 0 Å². The average Bonchev–Trinajstić information content (AvgIpc) is 2.47. The summed E-state index contributed by atoms with van der Waals surface area (Å²) in [6, 6.07) is 0. The van der Waals surface area contributed by atoms with Gasteiger partial charge in [-0.1, -0.05) is 27.2 Å². The van der Waals surface area contributed by atoms with Crippen LogP contribution in [0.25, 0.3) is 0 Å². The molecule has 1 aromatic heterocycles. The fraction of sp³-hybridized carbons (Fsp3) is 0.667. The van der Waals surface area contributed by atoms with Gasteiger partial charge in [-0.05, 0) is 30.9 Å². The van der Waals surface area contributed by atoms with Gasteiger partial charge in [0.2, 0.25) is 0 Å². The molecule has 74 valence electrons. The van der Waals surface area contributed by atoms with Gasteiger partial charge in [0.1, 0.15) is 5.76 Å². The van der Waals surface area contributed by atoms with Gasteiger partial charge in [0.25, 0.3) is 0 Å². The van der Waals surface area contributed by atoms with Crippen LogP contribution in [0, 0.1) is 6.92 Å². The van der Waals surface area contributed by atoms with E-state index in [4.69, 9.17) is 4.42 Å². The van der Waals surface area contributed by atoms with Gasteiger partial charge in [-0.2, -0.15) is 0 Å². The van der Waals surface area contributed by atoms with Crippen LogP contribution >= 0.6 is 0 Å². The highest BCUT2D eigenvalue weighted by molar-refractivity contribution is 5.28. The zero-order valence-electron chi connectivity index (χ0n) is 9.18. The minimum atomic E-state index is 0.577. The van der Waals surface area contributed by atoms with Crippen LogP contribution < -0.4 is 0 Å². The Morgan fingerprint density at radius 3 is 2.62 bits per heavy atom. The Morgan fingerprint density at radius 1 is 1.38 bits per heavy atom. The predicted octanol–water partition coefficient (Wildman–Crippen LogP) is 4.05. The molecule has 0 N–H and O–H groups in total. The van der Waals surface area contributed by atoms with Crippen LogP contribution in [0.3, 0.4) is 0 Å². The normalized spacial score (nSPS) is 13.2. The molecule has 0 amide bonds. The maximum absolute atomic E-state index is 5.60. The van der Waals surface area contributed by atoms with E-state index in [1.807, 2.05) is 6.26 Å². The quantitative estimate of drug-likeness (QED) is 0.681. The van der Waals surface area contributed by atoms with Crippen LogP contribution in [-0.2, 0) is 6.42 Å². The molecule has 1 atom stereocenters. The van der Waals surface area contributed by atoms with E-state index in [0.717, 1.165) is 6.42 Å². The first-order valence-corrected chi connectivity index (χ1v) is 5.27. The third-order valence-electron chi connectivity index (χ3n) is 2.66. The molecule has 1 heteroatoms. The van der Waals surface area contributed by atoms with Crippen molar-refractivity contribution in [3.05, 3.63) is 23.2 Å². The standard InChI is InChI=1S/C12H20O/c1-5-7-9(3)12-11(6-2)10(4)8-13-12/h8-9H,5-7H2,1-4H3. The topological polar surface area (TPSA) is 13.1 Å². The van der Waals surface area contributed by atoms with Crippen molar-refractivity contribution >= 4 is 0 Å². The first kappa shape index (κ1) is 10.4. The summed E-state index contributed by atoms with van der Waals surface area (Å²) in [6.07, 6.45) is 5.43. The minimum Gasteiger partial charge on any atom is -0.468 e.